The number of hydrogen-bond donors (Lipinski definition) is 0. The molecule has 0 aliphatic carbocycles. The smallest absolute Gasteiger partial charge is 0.262 e. The molecule has 2 aromatic carbocycles. The van der Waals surface area contributed by atoms with Gasteiger partial charge in [-0.05, 0) is 36.2 Å². The molecule has 20 heavy (non-hydrogen) atoms. The van der Waals surface area contributed by atoms with E-state index in [9.17, 15) is 8.42 Å². The predicted molar refractivity (Wildman–Crippen MR) is 79.7 cm³/mol. The Morgan fingerprint density at radius 2 is 1.85 bits per heavy atom. The summed E-state index contributed by atoms with van der Waals surface area (Å²) in [5.41, 5.74) is 2.72. The van der Waals surface area contributed by atoms with Crippen LogP contribution in [-0.2, 0) is 20.9 Å². The van der Waals surface area contributed by atoms with Crippen LogP contribution >= 0.6 is 0 Å². The number of hydrogen-bond acceptors (Lipinski definition) is 3. The van der Waals surface area contributed by atoms with Crippen LogP contribution in [0, 0.1) is 6.92 Å². The summed E-state index contributed by atoms with van der Waals surface area (Å²) in [4.78, 5) is 0.169. The van der Waals surface area contributed by atoms with Crippen molar-refractivity contribution in [2.75, 3.05) is 0 Å². The third-order valence-corrected chi connectivity index (χ3v) is 4.15. The second kappa shape index (κ2) is 6.03. The van der Waals surface area contributed by atoms with E-state index in [-0.39, 0.29) is 11.5 Å². The van der Waals surface area contributed by atoms with Crippen molar-refractivity contribution in [1.82, 2.24) is 0 Å². The molecule has 0 unspecified atom stereocenters. The van der Waals surface area contributed by atoms with Gasteiger partial charge >= 0.3 is 0 Å². The van der Waals surface area contributed by atoms with Crippen LogP contribution in [0.15, 0.2) is 60.0 Å². The summed E-state index contributed by atoms with van der Waals surface area (Å²) in [7, 11) is -3.72. The molecule has 0 amide bonds. The molecule has 0 radical (unpaired) electrons. The molecule has 0 aromatic heterocycles. The highest BCUT2D eigenvalue weighted by Crippen LogP contribution is 2.16. The molecule has 0 bridgehead atoms. The average Bonchev–Trinajstić information content (AvgIpc) is 2.46. The minimum atomic E-state index is -3.72. The van der Waals surface area contributed by atoms with Gasteiger partial charge in [-0.2, -0.15) is 8.42 Å². The molecule has 0 saturated carbocycles. The third kappa shape index (κ3) is 3.56. The minimum Gasteiger partial charge on any atom is -0.262 e. The molecule has 3 nitrogen and oxygen atoms in total. The molecule has 0 spiro atoms. The molecule has 2 aromatic rings. The van der Waals surface area contributed by atoms with Crippen molar-refractivity contribution in [3.63, 3.8) is 0 Å². The zero-order valence-corrected chi connectivity index (χ0v) is 12.1. The van der Waals surface area contributed by atoms with Crippen molar-refractivity contribution in [2.24, 2.45) is 0 Å². The van der Waals surface area contributed by atoms with Crippen molar-refractivity contribution in [2.45, 2.75) is 18.4 Å². The van der Waals surface area contributed by atoms with E-state index < -0.39 is 10.1 Å². The highest BCUT2D eigenvalue weighted by Gasteiger charge is 2.14. The zero-order valence-electron chi connectivity index (χ0n) is 11.2. The Hall–Kier alpha value is -1.91. The van der Waals surface area contributed by atoms with Crippen LogP contribution in [0.25, 0.3) is 6.08 Å². The quantitative estimate of drug-likeness (QED) is 0.790. The largest absolute Gasteiger partial charge is 0.297 e. The van der Waals surface area contributed by atoms with Gasteiger partial charge in [0.2, 0.25) is 0 Å². The van der Waals surface area contributed by atoms with Crippen molar-refractivity contribution in [1.29, 1.82) is 0 Å². The highest BCUT2D eigenvalue weighted by molar-refractivity contribution is 7.86. The van der Waals surface area contributed by atoms with Crippen LogP contribution in [0.5, 0.6) is 0 Å². The van der Waals surface area contributed by atoms with Crippen molar-refractivity contribution in [3.8, 4) is 0 Å². The SMILES string of the molecule is C=Cc1cccc(COS(=O)(=O)c2ccc(C)cc2)c1. The van der Waals surface area contributed by atoms with Gasteiger partial charge in [-0.25, -0.2) is 0 Å². The van der Waals surface area contributed by atoms with E-state index in [1.807, 2.05) is 31.2 Å². The highest BCUT2D eigenvalue weighted by atomic mass is 32.2. The first-order valence-corrected chi connectivity index (χ1v) is 7.59. The average molecular weight is 288 g/mol. The third-order valence-electron chi connectivity index (χ3n) is 2.88. The lowest BCUT2D eigenvalue weighted by Gasteiger charge is -2.06. The maximum Gasteiger partial charge on any atom is 0.297 e. The van der Waals surface area contributed by atoms with Gasteiger partial charge in [0, 0.05) is 0 Å². The van der Waals surface area contributed by atoms with Gasteiger partial charge in [0.05, 0.1) is 11.5 Å². The molecule has 0 atom stereocenters. The second-order valence-corrected chi connectivity index (χ2v) is 6.09. The van der Waals surface area contributed by atoms with E-state index in [1.54, 1.807) is 30.3 Å². The fraction of sp³-hybridized carbons (Fsp3) is 0.125. The molecule has 0 aliphatic rings. The minimum absolute atomic E-state index is 0.0118. The summed E-state index contributed by atoms with van der Waals surface area (Å²) in [5.74, 6) is 0. The Morgan fingerprint density at radius 3 is 2.50 bits per heavy atom. The summed E-state index contributed by atoms with van der Waals surface area (Å²) in [6.07, 6.45) is 1.71. The first-order valence-electron chi connectivity index (χ1n) is 6.19. The second-order valence-electron chi connectivity index (χ2n) is 4.48. The van der Waals surface area contributed by atoms with Crippen LogP contribution in [0.4, 0.5) is 0 Å². The van der Waals surface area contributed by atoms with E-state index in [0.29, 0.717) is 0 Å². The van der Waals surface area contributed by atoms with Crippen molar-refractivity contribution < 1.29 is 12.6 Å². The van der Waals surface area contributed by atoms with E-state index >= 15 is 0 Å². The van der Waals surface area contributed by atoms with Gasteiger partial charge in [0.1, 0.15) is 0 Å². The first kappa shape index (κ1) is 14.5. The van der Waals surface area contributed by atoms with Gasteiger partial charge < -0.3 is 0 Å². The summed E-state index contributed by atoms with van der Waals surface area (Å²) in [5, 5.41) is 0. The van der Waals surface area contributed by atoms with E-state index in [2.05, 4.69) is 6.58 Å². The van der Waals surface area contributed by atoms with Crippen LogP contribution in [0.1, 0.15) is 16.7 Å². The topological polar surface area (TPSA) is 43.4 Å². The van der Waals surface area contributed by atoms with Crippen LogP contribution in [0.2, 0.25) is 0 Å². The lowest BCUT2D eigenvalue weighted by Crippen LogP contribution is -2.06. The molecular formula is C16H16O3S. The molecule has 2 rings (SSSR count). The van der Waals surface area contributed by atoms with E-state index in [4.69, 9.17) is 4.18 Å². The summed E-state index contributed by atoms with van der Waals surface area (Å²) in [6.45, 7) is 5.59. The zero-order chi connectivity index (χ0) is 14.6. The molecular weight excluding hydrogens is 272 g/mol. The predicted octanol–water partition coefficient (Wildman–Crippen LogP) is 3.54. The van der Waals surface area contributed by atoms with Crippen molar-refractivity contribution in [3.05, 3.63) is 71.8 Å². The molecule has 104 valence electrons. The fourth-order valence-corrected chi connectivity index (χ4v) is 2.63. The van der Waals surface area contributed by atoms with Gasteiger partial charge in [-0.3, -0.25) is 4.18 Å². The van der Waals surface area contributed by atoms with Crippen LogP contribution in [-0.4, -0.2) is 8.42 Å². The first-order chi connectivity index (χ1) is 9.51. The molecule has 0 heterocycles. The molecule has 0 saturated heterocycles. The van der Waals surface area contributed by atoms with Crippen LogP contribution in [0.3, 0.4) is 0 Å². The number of benzene rings is 2. The van der Waals surface area contributed by atoms with Crippen LogP contribution < -0.4 is 0 Å². The van der Waals surface area contributed by atoms with Gasteiger partial charge in [0.15, 0.2) is 0 Å². The monoisotopic (exact) mass is 288 g/mol. The maximum absolute atomic E-state index is 12.0. The Morgan fingerprint density at radius 1 is 1.15 bits per heavy atom. The lowest BCUT2D eigenvalue weighted by atomic mass is 10.1. The number of rotatable bonds is 5. The van der Waals surface area contributed by atoms with Crippen molar-refractivity contribution >= 4 is 16.2 Å². The standard InChI is InChI=1S/C16H16O3S/c1-3-14-5-4-6-15(11-14)12-19-20(17,18)16-9-7-13(2)8-10-16/h3-11H,1,12H2,2H3. The molecule has 0 aliphatic heterocycles. The van der Waals surface area contributed by atoms with E-state index in [0.717, 1.165) is 16.7 Å². The summed E-state index contributed by atoms with van der Waals surface area (Å²) in [6, 6.07) is 14.0. The van der Waals surface area contributed by atoms with Gasteiger partial charge in [0.25, 0.3) is 10.1 Å². The fourth-order valence-electron chi connectivity index (χ4n) is 1.73. The number of aryl methyl sites for hydroxylation is 1. The Kier molecular flexibility index (Phi) is 4.37. The Labute approximate surface area is 119 Å². The van der Waals surface area contributed by atoms with E-state index in [1.165, 1.54) is 0 Å². The molecule has 4 heteroatoms. The Balaban J connectivity index is 2.12. The lowest BCUT2D eigenvalue weighted by molar-refractivity contribution is 0.308. The Bertz CT molecular complexity index is 701. The van der Waals surface area contributed by atoms with Gasteiger partial charge in [-0.1, -0.05) is 48.6 Å². The van der Waals surface area contributed by atoms with Gasteiger partial charge in [-0.15, -0.1) is 0 Å². The molecule has 0 N–H and O–H groups in total. The summed E-state index contributed by atoms with van der Waals surface area (Å²) >= 11 is 0. The maximum atomic E-state index is 12.0. The summed E-state index contributed by atoms with van der Waals surface area (Å²) < 4.78 is 29.1. The normalized spacial score (nSPS) is 11.2. The molecule has 0 fully saturated rings.